The molecule has 0 aliphatic carbocycles. The number of nitrogens with zero attached hydrogens (tertiary/aromatic N) is 4. The van der Waals surface area contributed by atoms with Gasteiger partial charge in [0.15, 0.2) is 0 Å². The third-order valence-electron chi connectivity index (χ3n) is 4.55. The fourth-order valence-corrected chi connectivity index (χ4v) is 3.28. The van der Waals surface area contributed by atoms with Gasteiger partial charge in [0.05, 0.1) is 16.7 Å². The molecule has 0 bridgehead atoms. The fraction of sp³-hybridized carbons (Fsp3) is 0.0952. The van der Waals surface area contributed by atoms with Crippen LogP contribution in [0.4, 0.5) is 0 Å². The van der Waals surface area contributed by atoms with Crippen molar-refractivity contribution >= 4 is 27.5 Å². The van der Waals surface area contributed by atoms with Crippen molar-refractivity contribution in [1.29, 1.82) is 0 Å². The molecule has 0 aliphatic heterocycles. The van der Waals surface area contributed by atoms with E-state index in [4.69, 9.17) is 9.97 Å². The SMILES string of the molecule is c1ccc2c(c1)ccn1cc(CCc3ccc4ncccc4n3)nc21. The number of aromatic nitrogens is 4. The van der Waals surface area contributed by atoms with Gasteiger partial charge in [0.1, 0.15) is 5.65 Å². The van der Waals surface area contributed by atoms with E-state index in [2.05, 4.69) is 58.2 Å². The van der Waals surface area contributed by atoms with Crippen molar-refractivity contribution in [3.63, 3.8) is 0 Å². The van der Waals surface area contributed by atoms with Crippen LogP contribution in [0.5, 0.6) is 0 Å². The van der Waals surface area contributed by atoms with Gasteiger partial charge in [0, 0.05) is 29.7 Å². The maximum absolute atomic E-state index is 4.84. The van der Waals surface area contributed by atoms with Crippen molar-refractivity contribution in [1.82, 2.24) is 19.4 Å². The second-order valence-electron chi connectivity index (χ2n) is 6.21. The standard InChI is InChI=1S/C21H16N4/c1-2-5-18-15(4-1)11-13-25-14-17(24-21(18)25)8-7-16-9-10-19-20(23-16)6-3-12-22-19/h1-6,9-14H,7-8H2. The molecule has 4 heterocycles. The highest BCUT2D eigenvalue weighted by molar-refractivity contribution is 5.93. The molecular formula is C21H16N4. The molecular weight excluding hydrogens is 308 g/mol. The highest BCUT2D eigenvalue weighted by Crippen LogP contribution is 2.20. The normalized spacial score (nSPS) is 11.5. The third kappa shape index (κ3) is 2.52. The van der Waals surface area contributed by atoms with Gasteiger partial charge in [0.25, 0.3) is 0 Å². The summed E-state index contributed by atoms with van der Waals surface area (Å²) in [6.45, 7) is 0. The number of imidazole rings is 1. The second-order valence-corrected chi connectivity index (χ2v) is 6.21. The zero-order valence-corrected chi connectivity index (χ0v) is 13.6. The van der Waals surface area contributed by atoms with E-state index in [1.165, 1.54) is 10.8 Å². The van der Waals surface area contributed by atoms with Crippen molar-refractivity contribution in [3.8, 4) is 0 Å². The summed E-state index contributed by atoms with van der Waals surface area (Å²) >= 11 is 0. The van der Waals surface area contributed by atoms with Crippen LogP contribution in [0.25, 0.3) is 27.5 Å². The lowest BCUT2D eigenvalue weighted by atomic mass is 10.1. The zero-order valence-electron chi connectivity index (χ0n) is 13.6. The van der Waals surface area contributed by atoms with Gasteiger partial charge in [-0.25, -0.2) is 4.98 Å². The smallest absolute Gasteiger partial charge is 0.144 e. The van der Waals surface area contributed by atoms with Gasteiger partial charge in [-0.1, -0.05) is 24.3 Å². The molecule has 0 radical (unpaired) electrons. The minimum atomic E-state index is 0.868. The van der Waals surface area contributed by atoms with Crippen LogP contribution in [-0.2, 0) is 12.8 Å². The lowest BCUT2D eigenvalue weighted by Gasteiger charge is -2.01. The predicted octanol–water partition coefficient (Wildman–Crippen LogP) is 4.22. The second kappa shape index (κ2) is 5.67. The molecule has 0 saturated heterocycles. The van der Waals surface area contributed by atoms with Gasteiger partial charge in [-0.3, -0.25) is 9.97 Å². The van der Waals surface area contributed by atoms with E-state index in [-0.39, 0.29) is 0 Å². The summed E-state index contributed by atoms with van der Waals surface area (Å²) in [7, 11) is 0. The van der Waals surface area contributed by atoms with Crippen LogP contribution in [0, 0.1) is 0 Å². The molecule has 4 nitrogen and oxygen atoms in total. The van der Waals surface area contributed by atoms with E-state index >= 15 is 0 Å². The Kier molecular flexibility index (Phi) is 3.20. The molecule has 0 amide bonds. The molecule has 0 unspecified atom stereocenters. The highest BCUT2D eigenvalue weighted by atomic mass is 15.0. The van der Waals surface area contributed by atoms with Crippen LogP contribution in [0.3, 0.4) is 0 Å². The molecule has 0 aliphatic rings. The summed E-state index contributed by atoms with van der Waals surface area (Å²) in [5.41, 5.74) is 5.06. The fourth-order valence-electron chi connectivity index (χ4n) is 3.28. The summed E-state index contributed by atoms with van der Waals surface area (Å²) < 4.78 is 2.11. The van der Waals surface area contributed by atoms with Crippen molar-refractivity contribution in [2.45, 2.75) is 12.8 Å². The Balaban J connectivity index is 1.46. The minimum Gasteiger partial charge on any atom is -0.306 e. The Morgan fingerprint density at radius 3 is 2.68 bits per heavy atom. The summed E-state index contributed by atoms with van der Waals surface area (Å²) in [5, 5.41) is 2.40. The van der Waals surface area contributed by atoms with Gasteiger partial charge >= 0.3 is 0 Å². The average Bonchev–Trinajstić information content (AvgIpc) is 3.10. The van der Waals surface area contributed by atoms with E-state index in [1.54, 1.807) is 6.20 Å². The van der Waals surface area contributed by atoms with Crippen LogP contribution < -0.4 is 0 Å². The average molecular weight is 324 g/mol. The van der Waals surface area contributed by atoms with Crippen molar-refractivity contribution in [2.24, 2.45) is 0 Å². The maximum atomic E-state index is 4.84. The molecule has 0 fully saturated rings. The Hall–Kier alpha value is -3.27. The molecule has 0 spiro atoms. The van der Waals surface area contributed by atoms with Gasteiger partial charge in [-0.2, -0.15) is 0 Å². The monoisotopic (exact) mass is 324 g/mol. The number of pyridine rings is 3. The summed E-state index contributed by atoms with van der Waals surface area (Å²) in [4.78, 5) is 13.9. The minimum absolute atomic E-state index is 0.868. The van der Waals surface area contributed by atoms with E-state index in [0.717, 1.165) is 40.9 Å². The predicted molar refractivity (Wildman–Crippen MR) is 99.6 cm³/mol. The molecule has 25 heavy (non-hydrogen) atoms. The van der Waals surface area contributed by atoms with E-state index in [9.17, 15) is 0 Å². The number of aryl methyl sites for hydroxylation is 2. The first-order chi connectivity index (χ1) is 12.4. The third-order valence-corrected chi connectivity index (χ3v) is 4.55. The maximum Gasteiger partial charge on any atom is 0.144 e. The number of hydrogen-bond donors (Lipinski definition) is 0. The molecule has 5 rings (SSSR count). The number of benzene rings is 1. The van der Waals surface area contributed by atoms with Crippen molar-refractivity contribution in [2.75, 3.05) is 0 Å². The molecule has 0 atom stereocenters. The molecule has 0 saturated carbocycles. The van der Waals surface area contributed by atoms with Crippen LogP contribution in [0.15, 0.2) is 73.2 Å². The molecule has 4 aromatic heterocycles. The quantitative estimate of drug-likeness (QED) is 0.499. The molecule has 0 N–H and O–H groups in total. The van der Waals surface area contributed by atoms with Gasteiger partial charge in [0.2, 0.25) is 0 Å². The zero-order chi connectivity index (χ0) is 16.6. The number of fused-ring (bicyclic) bond motifs is 4. The topological polar surface area (TPSA) is 43.1 Å². The first-order valence-corrected chi connectivity index (χ1v) is 8.43. The Labute approximate surface area is 144 Å². The largest absolute Gasteiger partial charge is 0.306 e. The van der Waals surface area contributed by atoms with Crippen molar-refractivity contribution < 1.29 is 0 Å². The van der Waals surface area contributed by atoms with E-state index in [1.807, 2.05) is 18.2 Å². The Bertz CT molecular complexity index is 1210. The summed E-state index contributed by atoms with van der Waals surface area (Å²) in [5.74, 6) is 0. The van der Waals surface area contributed by atoms with Gasteiger partial charge in [-0.05, 0) is 48.6 Å². The lowest BCUT2D eigenvalue weighted by molar-refractivity contribution is 0.896. The van der Waals surface area contributed by atoms with E-state index in [0.29, 0.717) is 0 Å². The number of rotatable bonds is 3. The highest BCUT2D eigenvalue weighted by Gasteiger charge is 2.07. The van der Waals surface area contributed by atoms with Crippen LogP contribution in [0.1, 0.15) is 11.4 Å². The molecule has 4 heteroatoms. The molecule has 120 valence electrons. The summed E-state index contributed by atoms with van der Waals surface area (Å²) in [6.07, 6.45) is 7.73. The lowest BCUT2D eigenvalue weighted by Crippen LogP contribution is -1.95. The molecule has 5 aromatic rings. The van der Waals surface area contributed by atoms with Crippen LogP contribution >= 0.6 is 0 Å². The molecule has 1 aromatic carbocycles. The first kappa shape index (κ1) is 14.1. The van der Waals surface area contributed by atoms with Crippen molar-refractivity contribution in [3.05, 3.63) is 84.6 Å². The van der Waals surface area contributed by atoms with Crippen LogP contribution in [0.2, 0.25) is 0 Å². The Morgan fingerprint density at radius 2 is 1.68 bits per heavy atom. The first-order valence-electron chi connectivity index (χ1n) is 8.43. The van der Waals surface area contributed by atoms with E-state index < -0.39 is 0 Å². The Morgan fingerprint density at radius 1 is 0.760 bits per heavy atom. The van der Waals surface area contributed by atoms with Crippen LogP contribution in [-0.4, -0.2) is 19.4 Å². The summed E-state index contributed by atoms with van der Waals surface area (Å²) in [6, 6.07) is 18.5. The number of hydrogen-bond acceptors (Lipinski definition) is 3. The van der Waals surface area contributed by atoms with Gasteiger partial charge < -0.3 is 4.40 Å². The van der Waals surface area contributed by atoms with Gasteiger partial charge in [-0.15, -0.1) is 0 Å².